The number of piperidine rings is 1. The molecule has 0 spiro atoms. The number of para-hydroxylation sites is 2. The fraction of sp³-hybridized carbons (Fsp3) is 0.310. The molecule has 1 N–H and O–H groups in total. The number of amides is 1. The van der Waals surface area contributed by atoms with E-state index in [0.29, 0.717) is 17.3 Å². The zero-order chi connectivity index (χ0) is 23.5. The Hall–Kier alpha value is -3.44. The van der Waals surface area contributed by atoms with E-state index < -0.39 is 0 Å². The Bertz CT molecular complexity index is 1320. The van der Waals surface area contributed by atoms with E-state index in [2.05, 4.69) is 35.3 Å². The highest BCUT2D eigenvalue weighted by Crippen LogP contribution is 2.21. The molecule has 1 aliphatic heterocycles. The molecule has 34 heavy (non-hydrogen) atoms. The average Bonchev–Trinajstić information content (AvgIpc) is 2.87. The third kappa shape index (κ3) is 4.62. The van der Waals surface area contributed by atoms with Crippen LogP contribution in [0.1, 0.15) is 30.9 Å². The summed E-state index contributed by atoms with van der Waals surface area (Å²) < 4.78 is 1.95. The first-order valence-electron chi connectivity index (χ1n) is 12.2. The van der Waals surface area contributed by atoms with Gasteiger partial charge in [-0.25, -0.2) is 0 Å². The Morgan fingerprint density at radius 3 is 2.06 bits per heavy atom. The monoisotopic (exact) mass is 453 g/mol. The van der Waals surface area contributed by atoms with Gasteiger partial charge in [-0.15, -0.1) is 0 Å². The van der Waals surface area contributed by atoms with Gasteiger partial charge in [-0.2, -0.15) is 0 Å². The molecule has 5 rings (SSSR count). The number of aromatic nitrogens is 1. The molecule has 0 aliphatic carbocycles. The van der Waals surface area contributed by atoms with E-state index in [1.165, 1.54) is 18.4 Å². The molecule has 0 unspecified atom stereocenters. The van der Waals surface area contributed by atoms with Gasteiger partial charge in [-0.1, -0.05) is 55.5 Å². The van der Waals surface area contributed by atoms with Crippen LogP contribution in [0, 0.1) is 5.92 Å². The fourth-order valence-electron chi connectivity index (χ4n) is 4.99. The van der Waals surface area contributed by atoms with E-state index in [9.17, 15) is 9.59 Å². The Kier molecular flexibility index (Phi) is 6.45. The van der Waals surface area contributed by atoms with Crippen LogP contribution in [0.3, 0.4) is 0 Å². The van der Waals surface area contributed by atoms with Gasteiger partial charge in [0.1, 0.15) is 6.54 Å². The summed E-state index contributed by atoms with van der Waals surface area (Å²) in [6.45, 7) is 6.18. The van der Waals surface area contributed by atoms with Gasteiger partial charge in [0.2, 0.25) is 5.91 Å². The van der Waals surface area contributed by atoms with Crippen LogP contribution in [0.15, 0.2) is 77.6 Å². The second kappa shape index (κ2) is 9.82. The molecular formula is C29H31N3O2. The molecular weight excluding hydrogens is 422 g/mol. The summed E-state index contributed by atoms with van der Waals surface area (Å²) in [4.78, 5) is 28.5. The molecule has 5 heteroatoms. The highest BCUT2D eigenvalue weighted by atomic mass is 16.2. The van der Waals surface area contributed by atoms with Crippen molar-refractivity contribution in [1.29, 1.82) is 0 Å². The topological polar surface area (TPSA) is 54.3 Å². The maximum atomic E-state index is 13.1. The number of benzene rings is 3. The first-order chi connectivity index (χ1) is 16.6. The van der Waals surface area contributed by atoms with E-state index in [1.807, 2.05) is 59.2 Å². The SMILES string of the molecule is CC1CCN(Cc2ccccc2CNC(=O)Cn2c3ccccc3c(=O)c3ccccc32)CC1. The molecule has 1 aromatic heterocycles. The van der Waals surface area contributed by atoms with Gasteiger partial charge < -0.3 is 9.88 Å². The molecule has 1 saturated heterocycles. The van der Waals surface area contributed by atoms with E-state index in [0.717, 1.165) is 42.1 Å². The van der Waals surface area contributed by atoms with Crippen LogP contribution in [0.4, 0.5) is 0 Å². The lowest BCUT2D eigenvalue weighted by Gasteiger charge is -2.30. The van der Waals surface area contributed by atoms with Crippen molar-refractivity contribution in [3.05, 3.63) is 94.1 Å². The van der Waals surface area contributed by atoms with E-state index >= 15 is 0 Å². The quantitative estimate of drug-likeness (QED) is 0.431. The molecule has 0 radical (unpaired) electrons. The highest BCUT2D eigenvalue weighted by molar-refractivity contribution is 5.94. The number of hydrogen-bond donors (Lipinski definition) is 1. The molecule has 4 aromatic rings. The Morgan fingerprint density at radius 1 is 0.853 bits per heavy atom. The van der Waals surface area contributed by atoms with Crippen LogP contribution in [0.2, 0.25) is 0 Å². The summed E-state index contributed by atoms with van der Waals surface area (Å²) >= 11 is 0. The van der Waals surface area contributed by atoms with Gasteiger partial charge >= 0.3 is 0 Å². The molecule has 0 saturated carbocycles. The lowest BCUT2D eigenvalue weighted by molar-refractivity contribution is -0.121. The van der Waals surface area contributed by atoms with Crippen LogP contribution < -0.4 is 10.7 Å². The second-order valence-electron chi connectivity index (χ2n) is 9.45. The molecule has 0 bridgehead atoms. The lowest BCUT2D eigenvalue weighted by atomic mass is 9.98. The Balaban J connectivity index is 1.34. The predicted molar refractivity (Wildman–Crippen MR) is 138 cm³/mol. The normalized spacial score (nSPS) is 15.1. The van der Waals surface area contributed by atoms with Gasteiger partial charge in [0, 0.05) is 23.9 Å². The van der Waals surface area contributed by atoms with Crippen LogP contribution in [0.25, 0.3) is 21.8 Å². The van der Waals surface area contributed by atoms with E-state index in [-0.39, 0.29) is 17.9 Å². The molecule has 174 valence electrons. The van der Waals surface area contributed by atoms with Gasteiger partial charge in [0.25, 0.3) is 0 Å². The second-order valence-corrected chi connectivity index (χ2v) is 9.45. The largest absolute Gasteiger partial charge is 0.350 e. The van der Waals surface area contributed by atoms with Crippen molar-refractivity contribution in [2.75, 3.05) is 13.1 Å². The summed E-state index contributed by atoms with van der Waals surface area (Å²) in [5, 5.41) is 4.39. The molecule has 0 atom stereocenters. The number of nitrogens with one attached hydrogen (secondary N) is 1. The zero-order valence-corrected chi connectivity index (χ0v) is 19.7. The number of nitrogens with zero attached hydrogens (tertiary/aromatic N) is 2. The van der Waals surface area contributed by atoms with Gasteiger partial charge in [-0.3, -0.25) is 14.5 Å². The van der Waals surface area contributed by atoms with Crippen molar-refractivity contribution >= 4 is 27.7 Å². The minimum Gasteiger partial charge on any atom is -0.350 e. The van der Waals surface area contributed by atoms with Crippen molar-refractivity contribution in [3.63, 3.8) is 0 Å². The smallest absolute Gasteiger partial charge is 0.240 e. The minimum absolute atomic E-state index is 0.00360. The van der Waals surface area contributed by atoms with E-state index in [4.69, 9.17) is 0 Å². The lowest BCUT2D eigenvalue weighted by Crippen LogP contribution is -2.33. The highest BCUT2D eigenvalue weighted by Gasteiger charge is 2.17. The van der Waals surface area contributed by atoms with E-state index in [1.54, 1.807) is 0 Å². The fourth-order valence-corrected chi connectivity index (χ4v) is 4.99. The minimum atomic E-state index is -0.0689. The number of pyridine rings is 1. The van der Waals surface area contributed by atoms with Crippen LogP contribution in [0.5, 0.6) is 0 Å². The number of fused-ring (bicyclic) bond motifs is 2. The first kappa shape index (κ1) is 22.4. The summed E-state index contributed by atoms with van der Waals surface area (Å²) in [5.74, 6) is 0.742. The van der Waals surface area contributed by atoms with Crippen molar-refractivity contribution < 1.29 is 4.79 Å². The summed E-state index contributed by atoms with van der Waals surface area (Å²) in [5.41, 5.74) is 3.99. The number of rotatable bonds is 6. The molecule has 2 heterocycles. The Morgan fingerprint density at radius 2 is 1.41 bits per heavy atom. The van der Waals surface area contributed by atoms with Crippen LogP contribution in [-0.4, -0.2) is 28.5 Å². The molecule has 1 amide bonds. The van der Waals surface area contributed by atoms with Gasteiger partial charge in [0.05, 0.1) is 11.0 Å². The number of likely N-dealkylation sites (tertiary alicyclic amines) is 1. The summed E-state index contributed by atoms with van der Waals surface area (Å²) in [6, 6.07) is 23.4. The number of carbonyl (C=O) groups is 1. The first-order valence-corrected chi connectivity index (χ1v) is 12.2. The summed E-state index contributed by atoms with van der Waals surface area (Å²) in [6.07, 6.45) is 2.50. The standard InChI is InChI=1S/C29H31N3O2/c1-21-14-16-31(17-15-21)19-23-9-3-2-8-22(23)18-30-28(33)20-32-26-12-6-4-10-24(26)29(34)25-11-5-7-13-27(25)32/h2-13,21H,14-20H2,1H3,(H,30,33). The zero-order valence-electron chi connectivity index (χ0n) is 19.7. The van der Waals surface area contributed by atoms with Crippen molar-refractivity contribution in [1.82, 2.24) is 14.8 Å². The van der Waals surface area contributed by atoms with Crippen molar-refractivity contribution in [3.8, 4) is 0 Å². The average molecular weight is 454 g/mol. The van der Waals surface area contributed by atoms with Crippen molar-refractivity contribution in [2.45, 2.75) is 39.4 Å². The molecule has 3 aromatic carbocycles. The van der Waals surface area contributed by atoms with Gasteiger partial charge in [0.15, 0.2) is 5.43 Å². The van der Waals surface area contributed by atoms with Gasteiger partial charge in [-0.05, 0) is 67.2 Å². The van der Waals surface area contributed by atoms with Crippen LogP contribution >= 0.6 is 0 Å². The van der Waals surface area contributed by atoms with Crippen LogP contribution in [-0.2, 0) is 24.4 Å². The maximum Gasteiger partial charge on any atom is 0.240 e. The third-order valence-electron chi connectivity index (χ3n) is 7.05. The molecule has 5 nitrogen and oxygen atoms in total. The molecule has 1 fully saturated rings. The van der Waals surface area contributed by atoms with Crippen molar-refractivity contribution in [2.24, 2.45) is 5.92 Å². The predicted octanol–water partition coefficient (Wildman–Crippen LogP) is 4.70. The summed E-state index contributed by atoms with van der Waals surface area (Å²) in [7, 11) is 0. The third-order valence-corrected chi connectivity index (χ3v) is 7.05. The Labute approximate surface area is 200 Å². The molecule has 1 aliphatic rings. The maximum absolute atomic E-state index is 13.1. The number of carbonyl (C=O) groups excluding carboxylic acids is 1. The number of hydrogen-bond acceptors (Lipinski definition) is 3.